The highest BCUT2D eigenvalue weighted by Crippen LogP contribution is 2.55. The Hall–Kier alpha value is -0.610. The molecule has 1 fully saturated rings. The Bertz CT molecular complexity index is 222. The molecule has 1 rings (SSSR count). The van der Waals surface area contributed by atoms with Crippen LogP contribution in [0.15, 0.2) is 0 Å². The van der Waals surface area contributed by atoms with Crippen molar-refractivity contribution in [1.29, 1.82) is 0 Å². The fraction of sp³-hybridized carbons (Fsp3) is 0.900. The average molecular weight is 202 g/mol. The molecule has 0 aromatic rings. The first-order chi connectivity index (χ1) is 6.46. The summed E-state index contributed by atoms with van der Waals surface area (Å²) >= 11 is 0. The first-order valence-electron chi connectivity index (χ1n) is 4.94. The van der Waals surface area contributed by atoms with Crippen LogP contribution in [0.4, 0.5) is 0 Å². The fourth-order valence-corrected chi connectivity index (χ4v) is 1.50. The van der Waals surface area contributed by atoms with Crippen molar-refractivity contribution in [2.45, 2.75) is 38.7 Å². The highest BCUT2D eigenvalue weighted by atomic mass is 16.5. The maximum atomic E-state index is 11.1. The van der Waals surface area contributed by atoms with Crippen LogP contribution in [0.25, 0.3) is 0 Å². The highest BCUT2D eigenvalue weighted by molar-refractivity contribution is 5.78. The lowest BCUT2D eigenvalue weighted by atomic mass is 9.87. The molecule has 0 spiro atoms. The second-order valence-electron chi connectivity index (χ2n) is 4.32. The molecule has 0 bridgehead atoms. The average Bonchev–Trinajstić information content (AvgIpc) is 2.85. The lowest BCUT2D eigenvalue weighted by molar-refractivity contribution is -0.173. The number of aliphatic hydroxyl groups is 1. The maximum Gasteiger partial charge on any atom is 0.336 e. The van der Waals surface area contributed by atoms with E-state index >= 15 is 0 Å². The molecule has 0 aromatic carbocycles. The number of aliphatic hydroxyl groups excluding tert-OH is 1. The van der Waals surface area contributed by atoms with E-state index in [4.69, 9.17) is 14.9 Å². The topological polar surface area (TPSA) is 66.8 Å². The van der Waals surface area contributed by atoms with Gasteiger partial charge in [0.1, 0.15) is 0 Å². The Morgan fingerprint density at radius 3 is 2.50 bits per heavy atom. The van der Waals surface area contributed by atoms with Crippen LogP contribution in [0.1, 0.15) is 33.1 Å². The van der Waals surface area contributed by atoms with Gasteiger partial charge >= 0.3 is 5.97 Å². The van der Waals surface area contributed by atoms with Crippen molar-refractivity contribution in [3.8, 4) is 0 Å². The second-order valence-corrected chi connectivity index (χ2v) is 4.32. The van der Waals surface area contributed by atoms with Gasteiger partial charge in [-0.15, -0.1) is 0 Å². The quantitative estimate of drug-likeness (QED) is 0.631. The van der Waals surface area contributed by atoms with Gasteiger partial charge in [0.15, 0.2) is 5.60 Å². The van der Waals surface area contributed by atoms with E-state index in [1.54, 1.807) is 6.92 Å². The number of aliphatic carboxylic acids is 1. The zero-order valence-electron chi connectivity index (χ0n) is 8.75. The molecule has 1 atom stereocenters. The van der Waals surface area contributed by atoms with E-state index in [0.29, 0.717) is 13.0 Å². The van der Waals surface area contributed by atoms with Gasteiger partial charge in [-0.05, 0) is 26.2 Å². The molecule has 1 saturated carbocycles. The van der Waals surface area contributed by atoms with Gasteiger partial charge in [-0.1, -0.05) is 6.92 Å². The van der Waals surface area contributed by atoms with Gasteiger partial charge in [0, 0.05) is 12.0 Å². The van der Waals surface area contributed by atoms with E-state index in [9.17, 15) is 4.79 Å². The summed E-state index contributed by atoms with van der Waals surface area (Å²) in [7, 11) is 0. The Morgan fingerprint density at radius 2 is 2.14 bits per heavy atom. The maximum absolute atomic E-state index is 11.1. The summed E-state index contributed by atoms with van der Waals surface area (Å²) in [5, 5.41) is 17.7. The fourth-order valence-electron chi connectivity index (χ4n) is 1.50. The molecule has 0 heterocycles. The van der Waals surface area contributed by atoms with Gasteiger partial charge in [0.25, 0.3) is 0 Å². The van der Waals surface area contributed by atoms with Crippen molar-refractivity contribution in [1.82, 2.24) is 0 Å². The molecular weight excluding hydrogens is 184 g/mol. The summed E-state index contributed by atoms with van der Waals surface area (Å²) in [6, 6.07) is 0. The number of carboxylic acids is 1. The Morgan fingerprint density at radius 1 is 1.57 bits per heavy atom. The van der Waals surface area contributed by atoms with E-state index in [2.05, 4.69) is 0 Å². The summed E-state index contributed by atoms with van der Waals surface area (Å²) in [6.45, 7) is 3.89. The molecule has 82 valence electrons. The van der Waals surface area contributed by atoms with Crippen LogP contribution in [-0.2, 0) is 9.53 Å². The van der Waals surface area contributed by atoms with E-state index in [1.165, 1.54) is 0 Å². The van der Waals surface area contributed by atoms with Crippen molar-refractivity contribution >= 4 is 5.97 Å². The molecule has 4 nitrogen and oxygen atoms in total. The van der Waals surface area contributed by atoms with E-state index in [-0.39, 0.29) is 12.0 Å². The molecule has 0 aromatic heterocycles. The molecular formula is C10H18O4. The third-order valence-electron chi connectivity index (χ3n) is 3.25. The number of hydrogen-bond donors (Lipinski definition) is 2. The number of hydrogen-bond acceptors (Lipinski definition) is 3. The zero-order valence-corrected chi connectivity index (χ0v) is 8.75. The number of carboxylic acid groups (broad SMARTS) is 1. The Kier molecular flexibility index (Phi) is 3.17. The van der Waals surface area contributed by atoms with E-state index in [1.807, 2.05) is 6.92 Å². The summed E-state index contributed by atoms with van der Waals surface area (Å²) < 4.78 is 5.40. The van der Waals surface area contributed by atoms with Gasteiger partial charge in [-0.3, -0.25) is 0 Å². The predicted octanol–water partition coefficient (Wildman–Crippen LogP) is 1.03. The van der Waals surface area contributed by atoms with Crippen LogP contribution >= 0.6 is 0 Å². The lowest BCUT2D eigenvalue weighted by Gasteiger charge is -2.31. The first kappa shape index (κ1) is 11.5. The Labute approximate surface area is 83.9 Å². The molecule has 2 N–H and O–H groups in total. The van der Waals surface area contributed by atoms with Gasteiger partial charge in [0.05, 0.1) is 6.61 Å². The third-order valence-corrected chi connectivity index (χ3v) is 3.25. The monoisotopic (exact) mass is 202 g/mol. The molecule has 1 unspecified atom stereocenters. The molecule has 1 aliphatic carbocycles. The molecule has 14 heavy (non-hydrogen) atoms. The predicted molar refractivity (Wildman–Crippen MR) is 51.0 cm³/mol. The second kappa shape index (κ2) is 3.87. The minimum Gasteiger partial charge on any atom is -0.479 e. The molecule has 0 amide bonds. The SMILES string of the molecule is CC1(C(C)(OCCCO)C(=O)O)CC1. The zero-order chi connectivity index (χ0) is 10.8. The molecule has 1 aliphatic rings. The van der Waals surface area contributed by atoms with Gasteiger partial charge < -0.3 is 14.9 Å². The van der Waals surface area contributed by atoms with Crippen LogP contribution in [0.2, 0.25) is 0 Å². The number of ether oxygens (including phenoxy) is 1. The lowest BCUT2D eigenvalue weighted by Crippen LogP contribution is -2.46. The smallest absolute Gasteiger partial charge is 0.336 e. The van der Waals surface area contributed by atoms with Crippen molar-refractivity contribution in [3.05, 3.63) is 0 Å². The van der Waals surface area contributed by atoms with Gasteiger partial charge in [0.2, 0.25) is 0 Å². The van der Waals surface area contributed by atoms with E-state index < -0.39 is 11.6 Å². The van der Waals surface area contributed by atoms with E-state index in [0.717, 1.165) is 12.8 Å². The third kappa shape index (κ3) is 1.91. The Balaban J connectivity index is 2.58. The molecule has 4 heteroatoms. The van der Waals surface area contributed by atoms with Crippen molar-refractivity contribution in [2.24, 2.45) is 5.41 Å². The minimum absolute atomic E-state index is 0.0341. The standard InChI is InChI=1S/C10H18O4/c1-9(4-5-9)10(2,8(12)13)14-7-3-6-11/h11H,3-7H2,1-2H3,(H,12,13). The van der Waals surface area contributed by atoms with Crippen molar-refractivity contribution in [2.75, 3.05) is 13.2 Å². The van der Waals surface area contributed by atoms with Gasteiger partial charge in [-0.25, -0.2) is 4.79 Å². The summed E-state index contributed by atoms with van der Waals surface area (Å²) in [4.78, 5) is 11.1. The van der Waals surface area contributed by atoms with Gasteiger partial charge in [-0.2, -0.15) is 0 Å². The summed E-state index contributed by atoms with van der Waals surface area (Å²) in [6.07, 6.45) is 2.28. The normalized spacial score (nSPS) is 22.8. The molecule has 0 aliphatic heterocycles. The van der Waals surface area contributed by atoms with Crippen LogP contribution in [0.3, 0.4) is 0 Å². The summed E-state index contributed by atoms with van der Waals surface area (Å²) in [5.41, 5.74) is -1.32. The van der Waals surface area contributed by atoms with Crippen molar-refractivity contribution < 1.29 is 19.7 Å². The van der Waals surface area contributed by atoms with Crippen LogP contribution in [0, 0.1) is 5.41 Å². The minimum atomic E-state index is -1.10. The van der Waals surface area contributed by atoms with Crippen LogP contribution in [0.5, 0.6) is 0 Å². The first-order valence-corrected chi connectivity index (χ1v) is 4.94. The van der Waals surface area contributed by atoms with Crippen LogP contribution in [-0.4, -0.2) is 35.0 Å². The number of rotatable bonds is 6. The van der Waals surface area contributed by atoms with Crippen molar-refractivity contribution in [3.63, 3.8) is 0 Å². The van der Waals surface area contributed by atoms with Crippen LogP contribution < -0.4 is 0 Å². The molecule has 0 radical (unpaired) electrons. The summed E-state index contributed by atoms with van der Waals surface area (Å²) in [5.74, 6) is -0.907. The molecule has 0 saturated heterocycles. The number of carbonyl (C=O) groups is 1. The highest BCUT2D eigenvalue weighted by Gasteiger charge is 2.58. The largest absolute Gasteiger partial charge is 0.479 e.